The van der Waals surface area contributed by atoms with Crippen molar-refractivity contribution in [1.29, 1.82) is 0 Å². The molecule has 0 saturated heterocycles. The number of ether oxygens (including phenoxy) is 1. The predicted octanol–water partition coefficient (Wildman–Crippen LogP) is 1.54. The largest absolute Gasteiger partial charge is 0.459 e. The van der Waals surface area contributed by atoms with Gasteiger partial charge in [-0.1, -0.05) is 18.2 Å². The molecular weight excluding hydrogens is 364 g/mol. The summed E-state index contributed by atoms with van der Waals surface area (Å²) in [6.45, 7) is 6.90. The number of hydrazine groups is 1. The summed E-state index contributed by atoms with van der Waals surface area (Å²) in [7, 11) is 0. The van der Waals surface area contributed by atoms with E-state index >= 15 is 0 Å². The van der Waals surface area contributed by atoms with Gasteiger partial charge in [0.2, 0.25) is 5.91 Å². The zero-order valence-electron chi connectivity index (χ0n) is 16.2. The molecule has 0 aliphatic carbocycles. The molecule has 28 heavy (non-hydrogen) atoms. The Balaban J connectivity index is 2.06. The van der Waals surface area contributed by atoms with Crippen LogP contribution in [-0.4, -0.2) is 28.4 Å². The molecule has 1 atom stereocenters. The third-order valence-corrected chi connectivity index (χ3v) is 3.72. The van der Waals surface area contributed by atoms with Crippen molar-refractivity contribution < 1.29 is 23.5 Å². The lowest BCUT2D eigenvalue weighted by molar-refractivity contribution is -0.161. The predicted molar refractivity (Wildman–Crippen MR) is 100 cm³/mol. The Bertz CT molecular complexity index is 869. The van der Waals surface area contributed by atoms with E-state index in [0.717, 1.165) is 12.0 Å². The van der Waals surface area contributed by atoms with Gasteiger partial charge in [0.25, 0.3) is 5.91 Å². The fraction of sp³-hybridized carbons (Fsp3) is 0.368. The van der Waals surface area contributed by atoms with Gasteiger partial charge in [-0.2, -0.15) is 0 Å². The fourth-order valence-electron chi connectivity index (χ4n) is 2.34. The minimum atomic E-state index is -0.934. The van der Waals surface area contributed by atoms with Crippen LogP contribution < -0.4 is 16.6 Å². The highest BCUT2D eigenvalue weighted by molar-refractivity contribution is 5.98. The number of hydrogen-bond acceptors (Lipinski definition) is 7. The number of esters is 1. The lowest BCUT2D eigenvalue weighted by Crippen LogP contribution is -2.37. The Hall–Kier alpha value is -3.20. The Labute approximate surface area is 162 Å². The van der Waals surface area contributed by atoms with Crippen molar-refractivity contribution >= 4 is 17.8 Å². The SMILES string of the molecule is CC(C(=O)NCc1cccc(-c2ocnc2C(=O)NN)c1)C(=O)OC(C)(C)C. The first-order chi connectivity index (χ1) is 13.1. The van der Waals surface area contributed by atoms with Gasteiger partial charge in [0, 0.05) is 12.1 Å². The van der Waals surface area contributed by atoms with Crippen LogP contribution in [0.1, 0.15) is 43.7 Å². The molecule has 1 aromatic carbocycles. The summed E-state index contributed by atoms with van der Waals surface area (Å²) in [5.74, 6) is 2.87. The number of nitrogens with one attached hydrogen (secondary N) is 2. The summed E-state index contributed by atoms with van der Waals surface area (Å²) in [5.41, 5.74) is 2.75. The van der Waals surface area contributed by atoms with Crippen LogP contribution in [0.2, 0.25) is 0 Å². The van der Waals surface area contributed by atoms with Crippen LogP contribution in [0, 0.1) is 5.92 Å². The minimum Gasteiger partial charge on any atom is -0.459 e. The molecule has 4 N–H and O–H groups in total. The van der Waals surface area contributed by atoms with Crippen LogP contribution in [-0.2, 0) is 20.9 Å². The third-order valence-electron chi connectivity index (χ3n) is 3.72. The second-order valence-electron chi connectivity index (χ2n) is 7.18. The molecule has 0 aliphatic heterocycles. The number of carbonyl (C=O) groups is 3. The van der Waals surface area contributed by atoms with Gasteiger partial charge in [0.05, 0.1) is 0 Å². The number of amides is 2. The summed E-state index contributed by atoms with van der Waals surface area (Å²) < 4.78 is 10.5. The number of carbonyl (C=O) groups excluding carboxylic acids is 3. The van der Waals surface area contributed by atoms with E-state index in [1.54, 1.807) is 45.0 Å². The van der Waals surface area contributed by atoms with Gasteiger partial charge >= 0.3 is 5.97 Å². The highest BCUT2D eigenvalue weighted by atomic mass is 16.6. The van der Waals surface area contributed by atoms with Crippen LogP contribution in [0.25, 0.3) is 11.3 Å². The van der Waals surface area contributed by atoms with Crippen LogP contribution in [0.3, 0.4) is 0 Å². The molecule has 0 saturated carbocycles. The molecule has 2 amide bonds. The lowest BCUT2D eigenvalue weighted by atomic mass is 10.1. The van der Waals surface area contributed by atoms with E-state index < -0.39 is 29.3 Å². The standard InChI is InChI=1S/C19H24N4O5/c1-11(18(26)28-19(2,3)4)16(24)21-9-12-6-5-7-13(8-12)15-14(17(25)23-20)22-10-27-15/h5-8,10-11H,9,20H2,1-4H3,(H,21,24)(H,23,25). The number of aromatic nitrogens is 1. The normalized spacial score (nSPS) is 12.2. The van der Waals surface area contributed by atoms with Crippen LogP contribution in [0.15, 0.2) is 35.1 Å². The summed E-state index contributed by atoms with van der Waals surface area (Å²) in [4.78, 5) is 39.8. The summed E-state index contributed by atoms with van der Waals surface area (Å²) in [6, 6.07) is 7.02. The van der Waals surface area contributed by atoms with Crippen molar-refractivity contribution in [3.63, 3.8) is 0 Å². The van der Waals surface area contributed by atoms with Gasteiger partial charge < -0.3 is 14.5 Å². The van der Waals surface area contributed by atoms with E-state index in [0.29, 0.717) is 5.56 Å². The first kappa shape index (κ1) is 21.1. The number of nitrogen functional groups attached to an aromatic ring is 1. The Morgan fingerprint density at radius 1 is 1.29 bits per heavy atom. The van der Waals surface area contributed by atoms with Crippen molar-refractivity contribution in [3.8, 4) is 11.3 Å². The number of oxazole rings is 1. The average molecular weight is 388 g/mol. The molecule has 150 valence electrons. The molecule has 1 aromatic heterocycles. The van der Waals surface area contributed by atoms with Gasteiger partial charge in [0.15, 0.2) is 17.8 Å². The quantitative estimate of drug-likeness (QED) is 0.224. The minimum absolute atomic E-state index is 0.0576. The second-order valence-corrected chi connectivity index (χ2v) is 7.18. The first-order valence-corrected chi connectivity index (χ1v) is 8.66. The Kier molecular flexibility index (Phi) is 6.53. The Morgan fingerprint density at radius 3 is 2.64 bits per heavy atom. The van der Waals surface area contributed by atoms with Crippen molar-refractivity contribution in [1.82, 2.24) is 15.7 Å². The van der Waals surface area contributed by atoms with E-state index in [9.17, 15) is 14.4 Å². The molecule has 0 bridgehead atoms. The molecule has 9 nitrogen and oxygen atoms in total. The van der Waals surface area contributed by atoms with Gasteiger partial charge in [-0.3, -0.25) is 19.8 Å². The van der Waals surface area contributed by atoms with Crippen LogP contribution >= 0.6 is 0 Å². The number of nitrogens with zero attached hydrogens (tertiary/aromatic N) is 1. The molecule has 0 fully saturated rings. The van der Waals surface area contributed by atoms with Crippen molar-refractivity contribution in [2.24, 2.45) is 11.8 Å². The highest BCUT2D eigenvalue weighted by Gasteiger charge is 2.27. The number of hydrogen-bond donors (Lipinski definition) is 3. The van der Waals surface area contributed by atoms with Gasteiger partial charge in [-0.15, -0.1) is 0 Å². The van der Waals surface area contributed by atoms with Crippen molar-refractivity contribution in [2.45, 2.75) is 39.8 Å². The summed E-state index contributed by atoms with van der Waals surface area (Å²) >= 11 is 0. The lowest BCUT2D eigenvalue weighted by Gasteiger charge is -2.22. The van der Waals surface area contributed by atoms with E-state index in [-0.39, 0.29) is 18.0 Å². The van der Waals surface area contributed by atoms with Gasteiger partial charge in [0.1, 0.15) is 11.5 Å². The van der Waals surface area contributed by atoms with E-state index in [1.165, 1.54) is 6.92 Å². The molecule has 0 spiro atoms. The molecule has 1 heterocycles. The molecule has 0 aliphatic rings. The maximum absolute atomic E-state index is 12.2. The zero-order chi connectivity index (χ0) is 20.9. The second kappa shape index (κ2) is 8.66. The number of nitrogens with two attached hydrogens (primary N) is 1. The molecule has 1 unspecified atom stereocenters. The van der Waals surface area contributed by atoms with Crippen LogP contribution in [0.5, 0.6) is 0 Å². The van der Waals surface area contributed by atoms with E-state index in [4.69, 9.17) is 15.0 Å². The van der Waals surface area contributed by atoms with Gasteiger partial charge in [-0.05, 0) is 39.3 Å². The average Bonchev–Trinajstić information content (AvgIpc) is 3.13. The van der Waals surface area contributed by atoms with Gasteiger partial charge in [-0.25, -0.2) is 10.8 Å². The third kappa shape index (κ3) is 5.40. The molecule has 2 rings (SSSR count). The molecular formula is C19H24N4O5. The molecule has 9 heteroatoms. The fourth-order valence-corrected chi connectivity index (χ4v) is 2.34. The van der Waals surface area contributed by atoms with Crippen LogP contribution in [0.4, 0.5) is 0 Å². The van der Waals surface area contributed by atoms with E-state index in [1.807, 2.05) is 5.43 Å². The monoisotopic (exact) mass is 388 g/mol. The smallest absolute Gasteiger partial charge is 0.318 e. The van der Waals surface area contributed by atoms with Crippen molar-refractivity contribution in [2.75, 3.05) is 0 Å². The zero-order valence-corrected chi connectivity index (χ0v) is 16.2. The summed E-state index contributed by atoms with van der Waals surface area (Å²) in [6.07, 6.45) is 1.15. The Morgan fingerprint density at radius 2 is 2.00 bits per heavy atom. The maximum atomic E-state index is 12.2. The number of benzene rings is 1. The molecule has 0 radical (unpaired) electrons. The number of rotatable bonds is 6. The van der Waals surface area contributed by atoms with Crippen molar-refractivity contribution in [3.05, 3.63) is 41.9 Å². The summed E-state index contributed by atoms with van der Waals surface area (Å²) in [5, 5.41) is 2.70. The maximum Gasteiger partial charge on any atom is 0.318 e. The topological polar surface area (TPSA) is 137 Å². The first-order valence-electron chi connectivity index (χ1n) is 8.66. The molecule has 2 aromatic rings. The van der Waals surface area contributed by atoms with E-state index in [2.05, 4.69) is 10.3 Å². The highest BCUT2D eigenvalue weighted by Crippen LogP contribution is 2.24.